The van der Waals surface area contributed by atoms with Crippen LogP contribution in [0.3, 0.4) is 0 Å². The molecule has 0 saturated heterocycles. The van der Waals surface area contributed by atoms with Crippen LogP contribution >= 0.6 is 0 Å². The molecule has 0 spiro atoms. The van der Waals surface area contributed by atoms with Gasteiger partial charge in [-0.3, -0.25) is 9.59 Å². The van der Waals surface area contributed by atoms with E-state index in [0.29, 0.717) is 28.7 Å². The van der Waals surface area contributed by atoms with Crippen molar-refractivity contribution in [2.75, 3.05) is 20.3 Å². The van der Waals surface area contributed by atoms with Gasteiger partial charge in [0.15, 0.2) is 11.5 Å². The number of fused-ring (bicyclic) bond motifs is 2. The molecule has 55 heavy (non-hydrogen) atoms. The standard InChI is InChI=1S/C48H58O7/c1-27-21-28(39-32-23-30(45(2,3)4)25-34(47(8,9)10)41(32)54-43(39)49)15-17-36(27)52-19-20-53-37-18-16-29(22-38(37)51-14)40-33-24-31(46(5,6)7)26-35(48(11,12)13)42(33)55-44(40)50/h15-18,21-26,39-40H,19-20H2,1-14H3. The summed E-state index contributed by atoms with van der Waals surface area (Å²) in [6, 6.07) is 20.1. The smallest absolute Gasteiger partial charge is 0.323 e. The minimum absolute atomic E-state index is 0.0872. The highest BCUT2D eigenvalue weighted by Crippen LogP contribution is 2.49. The van der Waals surface area contributed by atoms with E-state index in [0.717, 1.165) is 44.5 Å². The van der Waals surface area contributed by atoms with Crippen LogP contribution in [0.1, 0.15) is 145 Å². The molecular formula is C48H58O7. The van der Waals surface area contributed by atoms with Crippen LogP contribution < -0.4 is 23.7 Å². The van der Waals surface area contributed by atoms with Gasteiger partial charge in [-0.15, -0.1) is 0 Å². The molecule has 7 heteroatoms. The number of aryl methyl sites for hydroxylation is 1. The van der Waals surface area contributed by atoms with Crippen molar-refractivity contribution >= 4 is 11.9 Å². The van der Waals surface area contributed by atoms with Crippen molar-refractivity contribution in [3.05, 3.63) is 111 Å². The van der Waals surface area contributed by atoms with E-state index in [1.54, 1.807) is 7.11 Å². The normalized spacial score (nSPS) is 17.1. The number of hydrogen-bond acceptors (Lipinski definition) is 7. The summed E-state index contributed by atoms with van der Waals surface area (Å²) >= 11 is 0. The molecule has 2 heterocycles. The molecule has 0 saturated carbocycles. The van der Waals surface area contributed by atoms with E-state index in [9.17, 15) is 9.59 Å². The minimum atomic E-state index is -0.573. The molecule has 0 radical (unpaired) electrons. The zero-order chi connectivity index (χ0) is 40.4. The summed E-state index contributed by atoms with van der Waals surface area (Å²) in [4.78, 5) is 26.9. The van der Waals surface area contributed by atoms with Gasteiger partial charge in [0.1, 0.15) is 42.3 Å². The summed E-state index contributed by atoms with van der Waals surface area (Å²) in [7, 11) is 1.59. The number of carbonyl (C=O) groups is 2. The maximum atomic E-state index is 13.5. The fourth-order valence-electron chi connectivity index (χ4n) is 7.44. The van der Waals surface area contributed by atoms with Gasteiger partial charge in [-0.1, -0.05) is 126 Å². The SMILES string of the molecule is COc1cc(C2C(=O)Oc3c2cc(C(C)(C)C)cc3C(C)(C)C)ccc1OCCOc1ccc(C2C(=O)Oc3c2cc(C(C)(C)C)cc3C(C)(C)C)cc1C. The first-order valence-electron chi connectivity index (χ1n) is 19.3. The second kappa shape index (κ2) is 14.1. The number of benzene rings is 4. The molecule has 2 atom stereocenters. The summed E-state index contributed by atoms with van der Waals surface area (Å²) in [6.45, 7) is 28.5. The Morgan fingerprint density at radius 1 is 0.527 bits per heavy atom. The lowest BCUT2D eigenvalue weighted by atomic mass is 9.77. The first kappa shape index (κ1) is 39.9. The highest BCUT2D eigenvalue weighted by molar-refractivity contribution is 5.91. The van der Waals surface area contributed by atoms with Crippen LogP contribution in [0.4, 0.5) is 0 Å². The maximum Gasteiger partial charge on any atom is 0.323 e. The summed E-state index contributed by atoms with van der Waals surface area (Å²) in [5.74, 6) is 1.50. The van der Waals surface area contributed by atoms with Crippen LogP contribution in [0.2, 0.25) is 0 Å². The molecular weight excluding hydrogens is 689 g/mol. The Balaban J connectivity index is 1.17. The fourth-order valence-corrected chi connectivity index (χ4v) is 7.44. The molecule has 2 aliphatic heterocycles. The number of hydrogen-bond donors (Lipinski definition) is 0. The molecule has 0 amide bonds. The van der Waals surface area contributed by atoms with Gasteiger partial charge in [0.25, 0.3) is 0 Å². The quantitative estimate of drug-likeness (QED) is 0.101. The molecule has 292 valence electrons. The largest absolute Gasteiger partial charge is 0.493 e. The van der Waals surface area contributed by atoms with Crippen molar-refractivity contribution < 1.29 is 33.3 Å². The predicted molar refractivity (Wildman–Crippen MR) is 218 cm³/mol. The summed E-state index contributed by atoms with van der Waals surface area (Å²) in [5.41, 5.74) is 8.19. The average molecular weight is 747 g/mol. The van der Waals surface area contributed by atoms with Gasteiger partial charge >= 0.3 is 11.9 Å². The molecule has 6 rings (SSSR count). The Hall–Kier alpha value is -4.78. The Labute approximate surface area is 327 Å². The second-order valence-corrected chi connectivity index (χ2v) is 19.2. The number of rotatable bonds is 8. The summed E-state index contributed by atoms with van der Waals surface area (Å²) in [6.07, 6.45) is 0. The van der Waals surface area contributed by atoms with Crippen LogP contribution in [0.15, 0.2) is 60.7 Å². The van der Waals surface area contributed by atoms with E-state index in [2.05, 4.69) is 107 Å². The Morgan fingerprint density at radius 2 is 0.945 bits per heavy atom. The van der Waals surface area contributed by atoms with E-state index >= 15 is 0 Å². The maximum absolute atomic E-state index is 13.5. The van der Waals surface area contributed by atoms with Crippen molar-refractivity contribution in [3.8, 4) is 28.7 Å². The summed E-state index contributed by atoms with van der Waals surface area (Å²) in [5, 5.41) is 0. The van der Waals surface area contributed by atoms with Gasteiger partial charge in [-0.05, 0) is 74.6 Å². The number of esters is 2. The van der Waals surface area contributed by atoms with Gasteiger partial charge < -0.3 is 23.7 Å². The molecule has 0 fully saturated rings. The monoisotopic (exact) mass is 746 g/mol. The van der Waals surface area contributed by atoms with E-state index in [1.165, 1.54) is 5.56 Å². The first-order valence-corrected chi connectivity index (χ1v) is 19.3. The van der Waals surface area contributed by atoms with Gasteiger partial charge in [0, 0.05) is 22.3 Å². The van der Waals surface area contributed by atoms with E-state index in [4.69, 9.17) is 23.7 Å². The average Bonchev–Trinajstić information content (AvgIpc) is 3.59. The predicted octanol–water partition coefficient (Wildman–Crippen LogP) is 10.8. The number of carbonyl (C=O) groups excluding carboxylic acids is 2. The fraction of sp³-hybridized carbons (Fsp3) is 0.458. The Morgan fingerprint density at radius 3 is 1.35 bits per heavy atom. The van der Waals surface area contributed by atoms with Crippen molar-refractivity contribution in [1.29, 1.82) is 0 Å². The second-order valence-electron chi connectivity index (χ2n) is 19.2. The number of methoxy groups -OCH3 is 1. The third-order valence-electron chi connectivity index (χ3n) is 10.7. The Kier molecular flexibility index (Phi) is 10.2. The van der Waals surface area contributed by atoms with Gasteiger partial charge in [0.05, 0.1) is 7.11 Å². The minimum Gasteiger partial charge on any atom is -0.493 e. The Bertz CT molecular complexity index is 2150. The van der Waals surface area contributed by atoms with Crippen molar-refractivity contribution in [2.24, 2.45) is 0 Å². The number of ether oxygens (including phenoxy) is 5. The molecule has 4 aromatic rings. The molecule has 0 N–H and O–H groups in total. The van der Waals surface area contributed by atoms with E-state index < -0.39 is 11.8 Å². The van der Waals surface area contributed by atoms with Crippen LogP contribution in [-0.2, 0) is 31.2 Å². The topological polar surface area (TPSA) is 80.3 Å². The van der Waals surface area contributed by atoms with Crippen LogP contribution in [-0.4, -0.2) is 32.3 Å². The lowest BCUT2D eigenvalue weighted by Crippen LogP contribution is -2.17. The lowest BCUT2D eigenvalue weighted by molar-refractivity contribution is -0.134. The zero-order valence-corrected chi connectivity index (χ0v) is 35.2. The zero-order valence-electron chi connectivity index (χ0n) is 35.2. The molecule has 0 aromatic heterocycles. The highest BCUT2D eigenvalue weighted by Gasteiger charge is 2.41. The third kappa shape index (κ3) is 7.85. The van der Waals surface area contributed by atoms with Gasteiger partial charge in [-0.25, -0.2) is 0 Å². The molecule has 4 aromatic carbocycles. The van der Waals surface area contributed by atoms with Gasteiger partial charge in [0.2, 0.25) is 0 Å². The van der Waals surface area contributed by atoms with E-state index in [1.807, 2.05) is 43.3 Å². The van der Waals surface area contributed by atoms with Crippen LogP contribution in [0.5, 0.6) is 28.7 Å². The van der Waals surface area contributed by atoms with Crippen LogP contribution in [0, 0.1) is 6.92 Å². The first-order chi connectivity index (χ1) is 25.5. The molecule has 2 aliphatic rings. The van der Waals surface area contributed by atoms with Crippen LogP contribution in [0.25, 0.3) is 0 Å². The third-order valence-corrected chi connectivity index (χ3v) is 10.7. The lowest BCUT2D eigenvalue weighted by Gasteiger charge is -2.27. The molecule has 0 bridgehead atoms. The van der Waals surface area contributed by atoms with Crippen molar-refractivity contribution in [3.63, 3.8) is 0 Å². The summed E-state index contributed by atoms with van der Waals surface area (Å²) < 4.78 is 30.0. The highest BCUT2D eigenvalue weighted by atomic mass is 16.6. The van der Waals surface area contributed by atoms with Gasteiger partial charge in [-0.2, -0.15) is 0 Å². The van der Waals surface area contributed by atoms with Crippen molar-refractivity contribution in [2.45, 2.75) is 124 Å². The molecule has 2 unspecified atom stereocenters. The van der Waals surface area contributed by atoms with E-state index in [-0.39, 0.29) is 46.8 Å². The van der Waals surface area contributed by atoms with Crippen molar-refractivity contribution in [1.82, 2.24) is 0 Å². The molecule has 0 aliphatic carbocycles. The molecule has 7 nitrogen and oxygen atoms in total.